The van der Waals surface area contributed by atoms with Crippen LogP contribution in [-0.2, 0) is 6.42 Å². The summed E-state index contributed by atoms with van der Waals surface area (Å²) >= 11 is 1.54. The average Bonchev–Trinajstić information content (AvgIpc) is 2.78. The first-order valence-corrected chi connectivity index (χ1v) is 11.7. The fourth-order valence-corrected chi connectivity index (χ4v) is 4.07. The molecule has 2 heterocycles. The number of aromatic amines is 1. The number of nitrogens with one attached hydrogen (secondary N) is 1. The number of carbonyl (C=O) groups is 1. The van der Waals surface area contributed by atoms with Gasteiger partial charge < -0.3 is 4.98 Å². The molecule has 0 atom stereocenters. The molecule has 0 saturated heterocycles. The quantitative estimate of drug-likeness (QED) is 0.250. The van der Waals surface area contributed by atoms with Gasteiger partial charge >= 0.3 is 0 Å². The lowest BCUT2D eigenvalue weighted by molar-refractivity contribution is 0.0979. The van der Waals surface area contributed by atoms with Crippen molar-refractivity contribution >= 4 is 17.5 Å². The molecule has 0 unspecified atom stereocenters. The van der Waals surface area contributed by atoms with Crippen molar-refractivity contribution in [2.45, 2.75) is 56.8 Å². The van der Waals surface area contributed by atoms with Crippen LogP contribution in [0.1, 0.15) is 66.0 Å². The highest BCUT2D eigenvalue weighted by atomic mass is 32.2. The summed E-state index contributed by atoms with van der Waals surface area (Å²) in [6.07, 6.45) is 12.8. The number of rotatable bonds is 12. The van der Waals surface area contributed by atoms with Gasteiger partial charge in [-0.1, -0.05) is 49.1 Å². The first-order chi connectivity index (χ1) is 15.1. The van der Waals surface area contributed by atoms with Gasteiger partial charge in [0.1, 0.15) is 5.82 Å². The zero-order chi connectivity index (χ0) is 21.9. The number of Topliss-reactive ketones (excluding diaryl/α,β-unsaturated/α-hetero) is 1. The van der Waals surface area contributed by atoms with Crippen LogP contribution in [0.3, 0.4) is 0 Å². The number of nitrogens with zero attached hydrogens (tertiary/aromatic N) is 3. The Morgan fingerprint density at radius 1 is 0.968 bits per heavy atom. The van der Waals surface area contributed by atoms with Crippen molar-refractivity contribution in [3.05, 3.63) is 82.1 Å². The SMILES string of the molecule is Cc1ccc(C(=O)CCCCCCCSc2cnc(Cc3cnccn3)[nH]c2=O)cc1. The van der Waals surface area contributed by atoms with Gasteiger partial charge in [-0.3, -0.25) is 19.6 Å². The molecule has 0 saturated carbocycles. The third-order valence-corrected chi connectivity index (χ3v) is 6.06. The molecule has 7 heteroatoms. The third-order valence-electron chi connectivity index (χ3n) is 4.96. The highest BCUT2D eigenvalue weighted by Gasteiger charge is 2.06. The normalized spacial score (nSPS) is 10.9. The van der Waals surface area contributed by atoms with Crippen molar-refractivity contribution in [1.29, 1.82) is 0 Å². The van der Waals surface area contributed by atoms with Gasteiger partial charge in [0.2, 0.25) is 0 Å². The molecule has 162 valence electrons. The van der Waals surface area contributed by atoms with Crippen LogP contribution in [0.15, 0.2) is 58.7 Å². The van der Waals surface area contributed by atoms with E-state index in [9.17, 15) is 9.59 Å². The monoisotopic (exact) mass is 436 g/mol. The number of aryl methyl sites for hydroxylation is 1. The van der Waals surface area contributed by atoms with Gasteiger partial charge in [0.15, 0.2) is 5.78 Å². The molecule has 0 bridgehead atoms. The van der Waals surface area contributed by atoms with Crippen molar-refractivity contribution in [2.75, 3.05) is 5.75 Å². The van der Waals surface area contributed by atoms with E-state index in [1.165, 1.54) is 5.56 Å². The number of benzene rings is 1. The van der Waals surface area contributed by atoms with E-state index >= 15 is 0 Å². The number of unbranched alkanes of at least 4 members (excludes halogenated alkanes) is 4. The molecular weight excluding hydrogens is 408 g/mol. The Kier molecular flexibility index (Phi) is 8.97. The van der Waals surface area contributed by atoms with E-state index in [0.717, 1.165) is 49.1 Å². The minimum atomic E-state index is -0.103. The van der Waals surface area contributed by atoms with E-state index in [2.05, 4.69) is 19.9 Å². The molecule has 0 aliphatic heterocycles. The molecule has 0 radical (unpaired) electrons. The Morgan fingerprint density at radius 2 is 1.74 bits per heavy atom. The molecule has 3 aromatic rings. The Bertz CT molecular complexity index is 1020. The predicted octanol–water partition coefficient (Wildman–Crippen LogP) is 4.77. The highest BCUT2D eigenvalue weighted by molar-refractivity contribution is 7.99. The first kappa shape index (κ1) is 22.9. The second kappa shape index (κ2) is 12.2. The molecule has 1 aromatic carbocycles. The van der Waals surface area contributed by atoms with Gasteiger partial charge in [-0.25, -0.2) is 4.98 Å². The summed E-state index contributed by atoms with van der Waals surface area (Å²) in [7, 11) is 0. The van der Waals surface area contributed by atoms with Crippen molar-refractivity contribution in [3.63, 3.8) is 0 Å². The zero-order valence-corrected chi connectivity index (χ0v) is 18.7. The maximum atomic E-state index is 12.3. The van der Waals surface area contributed by atoms with Crippen LogP contribution >= 0.6 is 11.8 Å². The predicted molar refractivity (Wildman–Crippen MR) is 124 cm³/mol. The summed E-state index contributed by atoms with van der Waals surface area (Å²) in [5.74, 6) is 1.70. The molecule has 0 spiro atoms. The summed E-state index contributed by atoms with van der Waals surface area (Å²) in [4.78, 5) is 40.4. The van der Waals surface area contributed by atoms with Crippen molar-refractivity contribution in [2.24, 2.45) is 0 Å². The lowest BCUT2D eigenvalue weighted by atomic mass is 10.0. The molecule has 0 aliphatic rings. The third kappa shape index (κ3) is 7.75. The molecule has 1 N–H and O–H groups in total. The van der Waals surface area contributed by atoms with E-state index in [4.69, 9.17) is 0 Å². The van der Waals surface area contributed by atoms with Crippen LogP contribution in [0, 0.1) is 6.92 Å². The maximum absolute atomic E-state index is 12.3. The number of carbonyl (C=O) groups excluding carboxylic acids is 1. The maximum Gasteiger partial charge on any atom is 0.264 e. The lowest BCUT2D eigenvalue weighted by Crippen LogP contribution is -2.13. The molecule has 31 heavy (non-hydrogen) atoms. The fraction of sp³-hybridized carbons (Fsp3) is 0.375. The van der Waals surface area contributed by atoms with Gasteiger partial charge in [0, 0.05) is 43.2 Å². The van der Waals surface area contributed by atoms with Crippen molar-refractivity contribution in [3.8, 4) is 0 Å². The van der Waals surface area contributed by atoms with Crippen LogP contribution in [0.5, 0.6) is 0 Å². The number of aromatic nitrogens is 4. The largest absolute Gasteiger partial charge is 0.309 e. The molecule has 6 nitrogen and oxygen atoms in total. The van der Waals surface area contributed by atoms with E-state index < -0.39 is 0 Å². The topological polar surface area (TPSA) is 88.6 Å². The summed E-state index contributed by atoms with van der Waals surface area (Å²) in [5, 5.41) is 0. The van der Waals surface area contributed by atoms with E-state index in [1.54, 1.807) is 36.5 Å². The number of hydrogen-bond donors (Lipinski definition) is 1. The van der Waals surface area contributed by atoms with Crippen molar-refractivity contribution in [1.82, 2.24) is 19.9 Å². The summed E-state index contributed by atoms with van der Waals surface area (Å²) in [5.41, 5.74) is 2.65. The van der Waals surface area contributed by atoms with E-state index in [1.807, 2.05) is 31.2 Å². The van der Waals surface area contributed by atoms with Gasteiger partial charge in [-0.15, -0.1) is 11.8 Å². The van der Waals surface area contributed by atoms with Gasteiger partial charge in [-0.05, 0) is 25.5 Å². The van der Waals surface area contributed by atoms with Crippen LogP contribution in [0.25, 0.3) is 0 Å². The number of H-pyrrole nitrogens is 1. The first-order valence-electron chi connectivity index (χ1n) is 10.7. The van der Waals surface area contributed by atoms with Crippen LogP contribution in [0.4, 0.5) is 0 Å². The molecule has 0 aliphatic carbocycles. The Morgan fingerprint density at radius 3 is 2.48 bits per heavy atom. The Hall–Kier alpha value is -2.80. The Labute approximate surface area is 187 Å². The number of thioether (sulfide) groups is 1. The minimum absolute atomic E-state index is 0.103. The van der Waals surface area contributed by atoms with Crippen molar-refractivity contribution < 1.29 is 4.79 Å². The molecule has 3 rings (SSSR count). The highest BCUT2D eigenvalue weighted by Crippen LogP contribution is 2.16. The lowest BCUT2D eigenvalue weighted by Gasteiger charge is -2.04. The van der Waals surface area contributed by atoms with Crippen LogP contribution in [0.2, 0.25) is 0 Å². The second-order valence-corrected chi connectivity index (χ2v) is 8.69. The summed E-state index contributed by atoms with van der Waals surface area (Å²) in [6.45, 7) is 2.02. The van der Waals surface area contributed by atoms with Crippen LogP contribution in [-0.4, -0.2) is 31.5 Å². The fourth-order valence-electron chi connectivity index (χ4n) is 3.19. The van der Waals surface area contributed by atoms with E-state index in [0.29, 0.717) is 23.6 Å². The van der Waals surface area contributed by atoms with Crippen LogP contribution < -0.4 is 5.56 Å². The average molecular weight is 437 g/mol. The molecule has 0 amide bonds. The summed E-state index contributed by atoms with van der Waals surface area (Å²) < 4.78 is 0. The van der Waals surface area contributed by atoms with E-state index in [-0.39, 0.29) is 11.3 Å². The van der Waals surface area contributed by atoms with Gasteiger partial charge in [0.05, 0.1) is 10.6 Å². The number of ketones is 1. The zero-order valence-electron chi connectivity index (χ0n) is 17.8. The molecule has 2 aromatic heterocycles. The Balaban J connectivity index is 1.29. The molecule has 0 fully saturated rings. The minimum Gasteiger partial charge on any atom is -0.309 e. The van der Waals surface area contributed by atoms with Gasteiger partial charge in [-0.2, -0.15) is 0 Å². The van der Waals surface area contributed by atoms with Gasteiger partial charge in [0.25, 0.3) is 5.56 Å². The second-order valence-electron chi connectivity index (χ2n) is 7.55. The summed E-state index contributed by atoms with van der Waals surface area (Å²) in [6, 6.07) is 7.79. The smallest absolute Gasteiger partial charge is 0.264 e. The standard InChI is InChI=1S/C24H28N4O2S/c1-18-8-10-19(11-9-18)21(29)7-5-3-2-4-6-14-31-22-17-27-23(28-24(22)30)15-20-16-25-12-13-26-20/h8-13,16-17H,2-7,14-15H2,1H3,(H,27,28,30). The molecular formula is C24H28N4O2S. The number of hydrogen-bond acceptors (Lipinski definition) is 6.